The number of anilines is 2. The van der Waals surface area contributed by atoms with Crippen molar-refractivity contribution in [2.24, 2.45) is 5.92 Å². The smallest absolute Gasteiger partial charge is 0.305 e. The number of thiophene rings is 1. The number of fused-ring (bicyclic) bond motifs is 4. The maximum Gasteiger partial charge on any atom is 0.305 e. The van der Waals surface area contributed by atoms with E-state index in [1.807, 2.05) is 18.2 Å². The largest absolute Gasteiger partial charge is 0.353 e. The number of H-pyrrole nitrogens is 1. The lowest BCUT2D eigenvalue weighted by Crippen LogP contribution is -2.35. The van der Waals surface area contributed by atoms with Crippen molar-refractivity contribution in [3.05, 3.63) is 44.6 Å². The van der Waals surface area contributed by atoms with Gasteiger partial charge in [0.1, 0.15) is 17.0 Å². The number of hydrogen-bond donors (Lipinski definition) is 3. The molecule has 30 heavy (non-hydrogen) atoms. The van der Waals surface area contributed by atoms with E-state index >= 15 is 0 Å². The first-order valence-electron chi connectivity index (χ1n) is 10.1. The predicted octanol–water partition coefficient (Wildman–Crippen LogP) is 3.72. The van der Waals surface area contributed by atoms with Gasteiger partial charge in [0.25, 0.3) is 0 Å². The highest BCUT2D eigenvalue weighted by atomic mass is 32.1. The predicted molar refractivity (Wildman–Crippen MR) is 120 cm³/mol. The minimum atomic E-state index is -0.0567. The Labute approximate surface area is 179 Å². The van der Waals surface area contributed by atoms with Gasteiger partial charge in [-0.2, -0.15) is 0 Å². The van der Waals surface area contributed by atoms with Gasteiger partial charge >= 0.3 is 4.87 Å². The number of amides is 1. The third kappa shape index (κ3) is 3.18. The van der Waals surface area contributed by atoms with Crippen LogP contribution in [-0.4, -0.2) is 26.9 Å². The van der Waals surface area contributed by atoms with Gasteiger partial charge in [-0.25, -0.2) is 9.97 Å². The summed E-state index contributed by atoms with van der Waals surface area (Å²) >= 11 is 2.87. The van der Waals surface area contributed by atoms with Crippen molar-refractivity contribution in [3.63, 3.8) is 0 Å². The van der Waals surface area contributed by atoms with Crippen molar-refractivity contribution >= 4 is 60.5 Å². The van der Waals surface area contributed by atoms with E-state index in [-0.39, 0.29) is 16.7 Å². The van der Waals surface area contributed by atoms with Gasteiger partial charge in [-0.1, -0.05) is 11.3 Å². The minimum Gasteiger partial charge on any atom is -0.353 e. The standard InChI is InChI=1S/C21H19N5O2S2/c27-19(25-11-2-3-11)10-1-5-13-15(7-10)29-20-17(13)18(22-9-23-20)24-12-4-6-14-16(8-12)30-21(28)26-14/h4,6,8-11H,1-3,5,7H2,(H,25,27)(H,26,28)(H,22,23,24)/t10-/m1/s1. The zero-order valence-electron chi connectivity index (χ0n) is 16.0. The number of thiazole rings is 1. The summed E-state index contributed by atoms with van der Waals surface area (Å²) in [5.41, 5.74) is 2.99. The van der Waals surface area contributed by atoms with Crippen LogP contribution in [0, 0.1) is 5.92 Å². The van der Waals surface area contributed by atoms with Crippen LogP contribution in [0.15, 0.2) is 29.3 Å². The van der Waals surface area contributed by atoms with E-state index in [2.05, 4.69) is 25.6 Å². The SMILES string of the molecule is O=C(NC1CC1)[C@@H]1CCc2c(sc3ncnc(Nc4ccc5[nH]c(=O)sc5c4)c23)C1. The zero-order valence-corrected chi connectivity index (χ0v) is 17.7. The summed E-state index contributed by atoms with van der Waals surface area (Å²) in [6, 6.07) is 6.21. The average molecular weight is 438 g/mol. The molecule has 1 aromatic carbocycles. The summed E-state index contributed by atoms with van der Waals surface area (Å²) in [6.07, 6.45) is 6.30. The molecular formula is C21H19N5O2S2. The molecule has 0 saturated heterocycles. The monoisotopic (exact) mass is 437 g/mol. The molecule has 7 nitrogen and oxygen atoms in total. The Balaban J connectivity index is 1.33. The molecule has 0 bridgehead atoms. The highest BCUT2D eigenvalue weighted by Crippen LogP contribution is 2.40. The molecule has 6 rings (SSSR count). The Morgan fingerprint density at radius 3 is 2.93 bits per heavy atom. The van der Waals surface area contributed by atoms with Gasteiger partial charge in [0.15, 0.2) is 0 Å². The van der Waals surface area contributed by atoms with E-state index in [9.17, 15) is 9.59 Å². The number of carbonyl (C=O) groups excluding carboxylic acids is 1. The highest BCUT2D eigenvalue weighted by molar-refractivity contribution is 7.19. The van der Waals surface area contributed by atoms with Crippen molar-refractivity contribution in [1.82, 2.24) is 20.3 Å². The molecule has 2 aliphatic rings. The topological polar surface area (TPSA) is 99.8 Å². The maximum absolute atomic E-state index is 12.5. The van der Waals surface area contributed by atoms with Gasteiger partial charge < -0.3 is 15.6 Å². The second-order valence-electron chi connectivity index (χ2n) is 7.98. The van der Waals surface area contributed by atoms with E-state index < -0.39 is 0 Å². The fourth-order valence-corrected chi connectivity index (χ4v) is 6.18. The number of aromatic amines is 1. The first-order valence-corrected chi connectivity index (χ1v) is 11.7. The number of nitrogens with zero attached hydrogens (tertiary/aromatic N) is 2. The number of hydrogen-bond acceptors (Lipinski definition) is 7. The molecule has 0 spiro atoms. The number of rotatable bonds is 4. The third-order valence-electron chi connectivity index (χ3n) is 5.82. The Kier molecular flexibility index (Phi) is 4.14. The Bertz CT molecular complexity index is 1350. The fourth-order valence-electron chi connectivity index (χ4n) is 4.14. The molecule has 3 N–H and O–H groups in total. The number of nitrogens with one attached hydrogen (secondary N) is 3. The van der Waals surface area contributed by atoms with E-state index in [0.29, 0.717) is 6.04 Å². The van der Waals surface area contributed by atoms with Crippen molar-refractivity contribution in [2.75, 3.05) is 5.32 Å². The van der Waals surface area contributed by atoms with Gasteiger partial charge in [0, 0.05) is 22.5 Å². The molecule has 2 aliphatic carbocycles. The average Bonchev–Trinajstić information content (AvgIpc) is 3.34. The molecule has 1 amide bonds. The van der Waals surface area contributed by atoms with E-state index in [1.54, 1.807) is 17.7 Å². The normalized spacial score (nSPS) is 18.5. The molecular weight excluding hydrogens is 418 g/mol. The lowest BCUT2D eigenvalue weighted by molar-refractivity contribution is -0.125. The van der Waals surface area contributed by atoms with Crippen LogP contribution >= 0.6 is 22.7 Å². The van der Waals surface area contributed by atoms with Crippen LogP contribution in [0.5, 0.6) is 0 Å². The van der Waals surface area contributed by atoms with Gasteiger partial charge in [-0.05, 0) is 55.9 Å². The molecule has 1 fully saturated rings. The van der Waals surface area contributed by atoms with Gasteiger partial charge in [-0.15, -0.1) is 11.3 Å². The van der Waals surface area contributed by atoms with Crippen molar-refractivity contribution in [2.45, 2.75) is 38.1 Å². The van der Waals surface area contributed by atoms with E-state index in [1.165, 1.54) is 21.8 Å². The second-order valence-corrected chi connectivity index (χ2v) is 10.1. The van der Waals surface area contributed by atoms with Crippen LogP contribution in [0.2, 0.25) is 0 Å². The molecule has 3 aromatic heterocycles. The molecule has 4 aromatic rings. The van der Waals surface area contributed by atoms with Crippen LogP contribution in [0.1, 0.15) is 29.7 Å². The number of benzene rings is 1. The zero-order chi connectivity index (χ0) is 20.2. The fraction of sp³-hybridized carbons (Fsp3) is 0.333. The van der Waals surface area contributed by atoms with Crippen molar-refractivity contribution in [3.8, 4) is 0 Å². The molecule has 1 saturated carbocycles. The summed E-state index contributed by atoms with van der Waals surface area (Å²) in [6.45, 7) is 0. The lowest BCUT2D eigenvalue weighted by atomic mass is 9.87. The van der Waals surface area contributed by atoms with Gasteiger partial charge in [0.05, 0.1) is 15.6 Å². The lowest BCUT2D eigenvalue weighted by Gasteiger charge is -2.21. The van der Waals surface area contributed by atoms with Crippen LogP contribution in [0.4, 0.5) is 11.5 Å². The second kappa shape index (κ2) is 6.88. The molecule has 152 valence electrons. The number of carbonyl (C=O) groups is 1. The summed E-state index contributed by atoms with van der Waals surface area (Å²) < 4.78 is 0.909. The number of aromatic nitrogens is 3. The highest BCUT2D eigenvalue weighted by Gasteiger charge is 2.32. The van der Waals surface area contributed by atoms with E-state index in [0.717, 1.165) is 64.0 Å². The molecule has 0 radical (unpaired) electrons. The quantitative estimate of drug-likeness (QED) is 0.452. The summed E-state index contributed by atoms with van der Waals surface area (Å²) in [7, 11) is 0. The summed E-state index contributed by atoms with van der Waals surface area (Å²) in [5, 5.41) is 7.63. The Hall–Kier alpha value is -2.78. The van der Waals surface area contributed by atoms with Crippen LogP contribution in [0.25, 0.3) is 20.4 Å². The molecule has 9 heteroatoms. The molecule has 0 aliphatic heterocycles. The van der Waals surface area contributed by atoms with Crippen LogP contribution in [0.3, 0.4) is 0 Å². The van der Waals surface area contributed by atoms with E-state index in [4.69, 9.17) is 0 Å². The summed E-state index contributed by atoms with van der Waals surface area (Å²) in [5.74, 6) is 1.03. The van der Waals surface area contributed by atoms with Crippen LogP contribution in [-0.2, 0) is 17.6 Å². The van der Waals surface area contributed by atoms with Gasteiger partial charge in [0.2, 0.25) is 5.91 Å². The van der Waals surface area contributed by atoms with Crippen LogP contribution < -0.4 is 15.5 Å². The van der Waals surface area contributed by atoms with Crippen molar-refractivity contribution < 1.29 is 4.79 Å². The maximum atomic E-state index is 12.5. The Morgan fingerprint density at radius 2 is 2.07 bits per heavy atom. The third-order valence-corrected chi connectivity index (χ3v) is 7.83. The first kappa shape index (κ1) is 18.0. The molecule has 3 heterocycles. The van der Waals surface area contributed by atoms with Gasteiger partial charge in [-0.3, -0.25) is 9.59 Å². The molecule has 0 unspecified atom stereocenters. The number of aryl methyl sites for hydroxylation is 1. The summed E-state index contributed by atoms with van der Waals surface area (Å²) in [4.78, 5) is 38.1. The Morgan fingerprint density at radius 1 is 1.17 bits per heavy atom. The first-order chi connectivity index (χ1) is 14.6. The molecule has 1 atom stereocenters. The minimum absolute atomic E-state index is 0.0503. The van der Waals surface area contributed by atoms with Crippen molar-refractivity contribution in [1.29, 1.82) is 0 Å².